The zero-order valence-corrected chi connectivity index (χ0v) is 11.8. The maximum Gasteiger partial charge on any atom is 0.242 e. The van der Waals surface area contributed by atoms with Crippen LogP contribution in [0.2, 0.25) is 0 Å². The van der Waals surface area contributed by atoms with Gasteiger partial charge in [-0.15, -0.1) is 0 Å². The van der Waals surface area contributed by atoms with Gasteiger partial charge in [-0.05, 0) is 26.2 Å². The van der Waals surface area contributed by atoms with Crippen LogP contribution in [0.3, 0.4) is 0 Å². The lowest BCUT2D eigenvalue weighted by Crippen LogP contribution is -2.41. The number of carbonyl (C=O) groups excluding carboxylic acids is 2. The zero-order chi connectivity index (χ0) is 13.4. The predicted octanol–water partition coefficient (Wildman–Crippen LogP) is 1.75. The summed E-state index contributed by atoms with van der Waals surface area (Å²) in [7, 11) is 1.70. The van der Waals surface area contributed by atoms with Gasteiger partial charge in [-0.3, -0.25) is 9.59 Å². The molecule has 0 fully saturated rings. The van der Waals surface area contributed by atoms with Gasteiger partial charge in [0.05, 0.1) is 6.54 Å². The average Bonchev–Trinajstić information content (AvgIpc) is 2.27. The van der Waals surface area contributed by atoms with Crippen LogP contribution < -0.4 is 0 Å². The van der Waals surface area contributed by atoms with Crippen molar-refractivity contribution in [1.29, 1.82) is 0 Å². The first-order chi connectivity index (χ1) is 7.92. The van der Waals surface area contributed by atoms with E-state index >= 15 is 0 Å². The molecule has 0 spiro atoms. The van der Waals surface area contributed by atoms with E-state index in [0.29, 0.717) is 25.4 Å². The Bertz CT molecular complexity index is 248. The van der Waals surface area contributed by atoms with Gasteiger partial charge in [-0.2, -0.15) is 0 Å². The van der Waals surface area contributed by atoms with Crippen molar-refractivity contribution in [3.05, 3.63) is 0 Å². The Morgan fingerprint density at radius 2 is 1.59 bits per heavy atom. The van der Waals surface area contributed by atoms with E-state index in [0.717, 1.165) is 6.42 Å². The summed E-state index contributed by atoms with van der Waals surface area (Å²) in [6, 6.07) is 0. The molecule has 0 bridgehead atoms. The van der Waals surface area contributed by atoms with Gasteiger partial charge in [0.2, 0.25) is 11.8 Å². The van der Waals surface area contributed by atoms with Gasteiger partial charge in [0, 0.05) is 26.6 Å². The fourth-order valence-corrected chi connectivity index (χ4v) is 1.57. The van der Waals surface area contributed by atoms with Crippen molar-refractivity contribution in [2.75, 3.05) is 26.7 Å². The van der Waals surface area contributed by atoms with Crippen molar-refractivity contribution in [3.8, 4) is 0 Å². The van der Waals surface area contributed by atoms with Crippen LogP contribution in [0.5, 0.6) is 0 Å². The highest BCUT2D eigenvalue weighted by Gasteiger charge is 2.16. The molecule has 4 heteroatoms. The highest BCUT2D eigenvalue weighted by molar-refractivity contribution is 5.84. The molecule has 0 aliphatic carbocycles. The maximum atomic E-state index is 11.8. The zero-order valence-electron chi connectivity index (χ0n) is 11.8. The summed E-state index contributed by atoms with van der Waals surface area (Å²) >= 11 is 0. The summed E-state index contributed by atoms with van der Waals surface area (Å²) in [5.41, 5.74) is 0. The lowest BCUT2D eigenvalue weighted by molar-refractivity contribution is -0.139. The summed E-state index contributed by atoms with van der Waals surface area (Å²) in [6.07, 6.45) is 1.41. The predicted molar refractivity (Wildman–Crippen MR) is 69.6 cm³/mol. The molecule has 0 saturated heterocycles. The lowest BCUT2D eigenvalue weighted by atomic mass is 10.1. The van der Waals surface area contributed by atoms with Crippen LogP contribution >= 0.6 is 0 Å². The lowest BCUT2D eigenvalue weighted by Gasteiger charge is -2.23. The molecule has 0 radical (unpaired) electrons. The van der Waals surface area contributed by atoms with E-state index in [1.54, 1.807) is 11.9 Å². The maximum absolute atomic E-state index is 11.8. The van der Waals surface area contributed by atoms with Gasteiger partial charge < -0.3 is 9.80 Å². The highest BCUT2D eigenvalue weighted by Crippen LogP contribution is 2.05. The Labute approximate surface area is 105 Å². The standard InChI is InChI=1S/C13H26N2O2/c1-6-15(7-2)13(17)10-14(5)12(16)9-8-11(3)4/h11H,6-10H2,1-5H3. The van der Waals surface area contributed by atoms with Crippen LogP contribution in [0, 0.1) is 5.92 Å². The molecule has 0 aromatic rings. The number of amides is 2. The first kappa shape index (κ1) is 15.9. The van der Waals surface area contributed by atoms with Crippen LogP contribution in [0.1, 0.15) is 40.5 Å². The molecule has 0 heterocycles. The minimum atomic E-state index is 0.0235. The van der Waals surface area contributed by atoms with E-state index < -0.39 is 0 Å². The van der Waals surface area contributed by atoms with E-state index in [-0.39, 0.29) is 18.4 Å². The van der Waals surface area contributed by atoms with E-state index in [1.807, 2.05) is 13.8 Å². The van der Waals surface area contributed by atoms with Crippen LogP contribution in [0.4, 0.5) is 0 Å². The Hall–Kier alpha value is -1.06. The average molecular weight is 242 g/mol. The minimum absolute atomic E-state index is 0.0235. The molecular formula is C13H26N2O2. The molecule has 0 N–H and O–H groups in total. The SMILES string of the molecule is CCN(CC)C(=O)CN(C)C(=O)CCC(C)C. The topological polar surface area (TPSA) is 40.6 Å². The van der Waals surface area contributed by atoms with Crippen molar-refractivity contribution in [2.45, 2.75) is 40.5 Å². The molecule has 0 aliphatic rings. The van der Waals surface area contributed by atoms with Crippen LogP contribution in [0.25, 0.3) is 0 Å². The highest BCUT2D eigenvalue weighted by atomic mass is 16.2. The van der Waals surface area contributed by atoms with E-state index in [9.17, 15) is 9.59 Å². The summed E-state index contributed by atoms with van der Waals surface area (Å²) in [5.74, 6) is 0.598. The molecule has 0 aliphatic heterocycles. The number of hydrogen-bond acceptors (Lipinski definition) is 2. The normalized spacial score (nSPS) is 10.5. The number of likely N-dealkylation sites (N-methyl/N-ethyl adjacent to an activating group) is 2. The Kier molecular flexibility index (Phi) is 7.59. The van der Waals surface area contributed by atoms with Gasteiger partial charge in [-0.1, -0.05) is 13.8 Å². The number of hydrogen-bond donors (Lipinski definition) is 0. The van der Waals surface area contributed by atoms with Crippen LogP contribution in [-0.2, 0) is 9.59 Å². The molecule has 17 heavy (non-hydrogen) atoms. The Morgan fingerprint density at radius 3 is 2.00 bits per heavy atom. The Balaban J connectivity index is 4.10. The van der Waals surface area contributed by atoms with Gasteiger partial charge in [0.1, 0.15) is 0 Å². The number of nitrogens with zero attached hydrogens (tertiary/aromatic N) is 2. The number of rotatable bonds is 7. The fourth-order valence-electron chi connectivity index (χ4n) is 1.57. The second kappa shape index (κ2) is 8.09. The summed E-state index contributed by atoms with van der Waals surface area (Å²) in [4.78, 5) is 26.8. The Morgan fingerprint density at radius 1 is 1.06 bits per heavy atom. The summed E-state index contributed by atoms with van der Waals surface area (Å²) in [5, 5.41) is 0. The summed E-state index contributed by atoms with van der Waals surface area (Å²) < 4.78 is 0. The molecule has 2 amide bonds. The smallest absolute Gasteiger partial charge is 0.242 e. The summed E-state index contributed by atoms with van der Waals surface area (Å²) in [6.45, 7) is 9.66. The molecular weight excluding hydrogens is 216 g/mol. The fraction of sp³-hybridized carbons (Fsp3) is 0.846. The van der Waals surface area contributed by atoms with Gasteiger partial charge in [0.25, 0.3) is 0 Å². The van der Waals surface area contributed by atoms with Gasteiger partial charge in [0.15, 0.2) is 0 Å². The monoisotopic (exact) mass is 242 g/mol. The molecule has 0 atom stereocenters. The second-order valence-corrected chi connectivity index (χ2v) is 4.75. The molecule has 0 aromatic heterocycles. The molecule has 0 rings (SSSR count). The van der Waals surface area contributed by atoms with Crippen LogP contribution in [-0.4, -0.2) is 48.3 Å². The van der Waals surface area contributed by atoms with Crippen molar-refractivity contribution in [2.24, 2.45) is 5.92 Å². The molecule has 4 nitrogen and oxygen atoms in total. The molecule has 0 unspecified atom stereocenters. The third kappa shape index (κ3) is 6.29. The van der Waals surface area contributed by atoms with Crippen molar-refractivity contribution >= 4 is 11.8 Å². The minimum Gasteiger partial charge on any atom is -0.342 e. The van der Waals surface area contributed by atoms with Crippen molar-refractivity contribution in [1.82, 2.24) is 9.80 Å². The second-order valence-electron chi connectivity index (χ2n) is 4.75. The number of carbonyl (C=O) groups is 2. The van der Waals surface area contributed by atoms with Crippen molar-refractivity contribution < 1.29 is 9.59 Å². The third-order valence-corrected chi connectivity index (χ3v) is 2.85. The molecule has 0 saturated carbocycles. The molecule has 0 aromatic carbocycles. The first-order valence-corrected chi connectivity index (χ1v) is 6.44. The van der Waals surface area contributed by atoms with E-state index in [2.05, 4.69) is 13.8 Å². The van der Waals surface area contributed by atoms with E-state index in [1.165, 1.54) is 4.90 Å². The first-order valence-electron chi connectivity index (χ1n) is 6.44. The molecule has 100 valence electrons. The van der Waals surface area contributed by atoms with Gasteiger partial charge in [-0.25, -0.2) is 0 Å². The third-order valence-electron chi connectivity index (χ3n) is 2.85. The van der Waals surface area contributed by atoms with Crippen LogP contribution in [0.15, 0.2) is 0 Å². The quantitative estimate of drug-likeness (QED) is 0.682. The largest absolute Gasteiger partial charge is 0.342 e. The van der Waals surface area contributed by atoms with Crippen molar-refractivity contribution in [3.63, 3.8) is 0 Å². The van der Waals surface area contributed by atoms with Gasteiger partial charge >= 0.3 is 0 Å². The van der Waals surface area contributed by atoms with E-state index in [4.69, 9.17) is 0 Å².